The standard InChI is InChI=1S/C13H20ClN3O4S/c1-4-20-7-9-5-6-21-11-10(8-22(3,18)19)15-13(14)16-12(11)17(9)2/h9H,4-8H2,1-3H3. The van der Waals surface area contributed by atoms with Crippen LogP contribution < -0.4 is 9.64 Å². The predicted molar refractivity (Wildman–Crippen MR) is 84.4 cm³/mol. The van der Waals surface area contributed by atoms with Crippen LogP contribution in [0.25, 0.3) is 0 Å². The molecule has 0 fully saturated rings. The summed E-state index contributed by atoms with van der Waals surface area (Å²) >= 11 is 5.95. The lowest BCUT2D eigenvalue weighted by atomic mass is 10.2. The minimum atomic E-state index is -3.26. The number of hydrogen-bond donors (Lipinski definition) is 0. The summed E-state index contributed by atoms with van der Waals surface area (Å²) in [6, 6.07) is 0.0817. The summed E-state index contributed by atoms with van der Waals surface area (Å²) < 4.78 is 34.4. The Bertz CT molecular complexity index is 638. The SMILES string of the molecule is CCOCC1CCOc2c(CS(C)(=O)=O)nc(Cl)nc2N1C. The summed E-state index contributed by atoms with van der Waals surface area (Å²) in [6.07, 6.45) is 1.89. The molecule has 0 saturated heterocycles. The summed E-state index contributed by atoms with van der Waals surface area (Å²) in [5.41, 5.74) is 0.293. The Labute approximate surface area is 135 Å². The molecule has 22 heavy (non-hydrogen) atoms. The Kier molecular flexibility index (Phi) is 5.46. The van der Waals surface area contributed by atoms with Crippen molar-refractivity contribution in [2.75, 3.05) is 38.0 Å². The van der Waals surface area contributed by atoms with Gasteiger partial charge in [0.2, 0.25) is 5.28 Å². The highest BCUT2D eigenvalue weighted by Crippen LogP contribution is 2.34. The van der Waals surface area contributed by atoms with Crippen molar-refractivity contribution in [1.29, 1.82) is 0 Å². The van der Waals surface area contributed by atoms with Gasteiger partial charge in [-0.3, -0.25) is 0 Å². The maximum absolute atomic E-state index is 11.6. The average molecular weight is 350 g/mol. The number of anilines is 1. The first kappa shape index (κ1) is 17.2. The second-order valence-electron chi connectivity index (χ2n) is 5.22. The lowest BCUT2D eigenvalue weighted by molar-refractivity contribution is 0.126. The van der Waals surface area contributed by atoms with Gasteiger partial charge in [-0.15, -0.1) is 0 Å². The smallest absolute Gasteiger partial charge is 0.224 e. The van der Waals surface area contributed by atoms with E-state index in [4.69, 9.17) is 21.1 Å². The van der Waals surface area contributed by atoms with E-state index in [-0.39, 0.29) is 17.1 Å². The number of likely N-dealkylation sites (N-methyl/N-ethyl adjacent to an activating group) is 1. The molecule has 0 spiro atoms. The highest BCUT2D eigenvalue weighted by atomic mass is 35.5. The minimum Gasteiger partial charge on any atom is -0.488 e. The van der Waals surface area contributed by atoms with Crippen molar-refractivity contribution in [3.05, 3.63) is 11.0 Å². The maximum Gasteiger partial charge on any atom is 0.224 e. The summed E-state index contributed by atoms with van der Waals surface area (Å²) in [6.45, 7) is 3.54. The van der Waals surface area contributed by atoms with Crippen molar-refractivity contribution in [2.45, 2.75) is 25.1 Å². The van der Waals surface area contributed by atoms with Gasteiger partial charge in [0, 0.05) is 26.3 Å². The van der Waals surface area contributed by atoms with Crippen LogP contribution in [0, 0.1) is 0 Å². The Morgan fingerprint density at radius 1 is 1.45 bits per heavy atom. The maximum atomic E-state index is 11.6. The average Bonchev–Trinajstić information content (AvgIpc) is 2.55. The Balaban J connectivity index is 2.40. The summed E-state index contributed by atoms with van der Waals surface area (Å²) in [7, 11) is -1.39. The number of sulfone groups is 1. The molecule has 0 bridgehead atoms. The Morgan fingerprint density at radius 3 is 2.82 bits per heavy atom. The number of nitrogens with zero attached hydrogens (tertiary/aromatic N) is 3. The number of aromatic nitrogens is 2. The quantitative estimate of drug-likeness (QED) is 0.741. The molecule has 1 unspecified atom stereocenters. The molecule has 0 aliphatic carbocycles. The molecular formula is C13H20ClN3O4S. The largest absolute Gasteiger partial charge is 0.488 e. The first-order valence-electron chi connectivity index (χ1n) is 6.99. The van der Waals surface area contributed by atoms with Crippen LogP contribution in [0.3, 0.4) is 0 Å². The highest BCUT2D eigenvalue weighted by molar-refractivity contribution is 7.89. The minimum absolute atomic E-state index is 0.00455. The monoisotopic (exact) mass is 349 g/mol. The van der Waals surface area contributed by atoms with Crippen molar-refractivity contribution in [1.82, 2.24) is 9.97 Å². The van der Waals surface area contributed by atoms with E-state index >= 15 is 0 Å². The second kappa shape index (κ2) is 6.97. The van der Waals surface area contributed by atoms with Crippen LogP contribution in [0.1, 0.15) is 19.0 Å². The van der Waals surface area contributed by atoms with Crippen LogP contribution in [0.15, 0.2) is 0 Å². The van der Waals surface area contributed by atoms with E-state index < -0.39 is 9.84 Å². The van der Waals surface area contributed by atoms with Gasteiger partial charge in [0.15, 0.2) is 21.4 Å². The lowest BCUT2D eigenvalue weighted by Gasteiger charge is -2.26. The third-order valence-electron chi connectivity index (χ3n) is 3.38. The molecule has 1 atom stereocenters. The molecule has 1 aliphatic heterocycles. The van der Waals surface area contributed by atoms with Crippen LogP contribution in [0.5, 0.6) is 5.75 Å². The molecule has 1 aromatic rings. The normalized spacial score (nSPS) is 18.5. The van der Waals surface area contributed by atoms with Crippen molar-refractivity contribution >= 4 is 27.3 Å². The third kappa shape index (κ3) is 4.21. The predicted octanol–water partition coefficient (Wildman–Crippen LogP) is 1.30. The van der Waals surface area contributed by atoms with Crippen LogP contribution in [0.4, 0.5) is 5.82 Å². The van der Waals surface area contributed by atoms with E-state index in [2.05, 4.69) is 9.97 Å². The van der Waals surface area contributed by atoms with Crippen LogP contribution in [-0.4, -0.2) is 57.6 Å². The van der Waals surface area contributed by atoms with Gasteiger partial charge in [-0.25, -0.2) is 13.4 Å². The number of fused-ring (bicyclic) bond motifs is 1. The van der Waals surface area contributed by atoms with Gasteiger partial charge in [0.05, 0.1) is 25.0 Å². The summed E-state index contributed by atoms with van der Waals surface area (Å²) in [5.74, 6) is 0.652. The molecule has 1 aliphatic rings. The van der Waals surface area contributed by atoms with Gasteiger partial charge in [0.25, 0.3) is 0 Å². The first-order chi connectivity index (χ1) is 10.3. The van der Waals surface area contributed by atoms with Crippen molar-refractivity contribution in [3.63, 3.8) is 0 Å². The van der Waals surface area contributed by atoms with Gasteiger partial charge >= 0.3 is 0 Å². The summed E-state index contributed by atoms with van der Waals surface area (Å²) in [5, 5.41) is 0.00455. The fraction of sp³-hybridized carbons (Fsp3) is 0.692. The molecular weight excluding hydrogens is 330 g/mol. The topological polar surface area (TPSA) is 81.6 Å². The molecule has 0 aromatic carbocycles. The number of halogens is 1. The number of rotatable bonds is 5. The molecule has 9 heteroatoms. The van der Waals surface area contributed by atoms with Crippen LogP contribution >= 0.6 is 11.6 Å². The summed E-state index contributed by atoms with van der Waals surface area (Å²) in [4.78, 5) is 10.1. The molecule has 124 valence electrons. The van der Waals surface area contributed by atoms with Crippen LogP contribution in [0.2, 0.25) is 5.28 Å². The first-order valence-corrected chi connectivity index (χ1v) is 9.43. The molecule has 7 nitrogen and oxygen atoms in total. The van der Waals surface area contributed by atoms with Crippen molar-refractivity contribution < 1.29 is 17.9 Å². The molecule has 2 heterocycles. The lowest BCUT2D eigenvalue weighted by Crippen LogP contribution is -2.36. The fourth-order valence-corrected chi connectivity index (χ4v) is 3.17. The van der Waals surface area contributed by atoms with E-state index in [1.165, 1.54) is 0 Å². The van der Waals surface area contributed by atoms with Crippen LogP contribution in [-0.2, 0) is 20.3 Å². The molecule has 1 aromatic heterocycles. The van der Waals surface area contributed by atoms with Gasteiger partial charge in [-0.1, -0.05) is 0 Å². The fourth-order valence-electron chi connectivity index (χ4n) is 2.30. The molecule has 0 radical (unpaired) electrons. The van der Waals surface area contributed by atoms with E-state index in [0.29, 0.717) is 37.1 Å². The molecule has 0 amide bonds. The zero-order valence-electron chi connectivity index (χ0n) is 12.9. The van der Waals surface area contributed by atoms with Crippen molar-refractivity contribution in [2.24, 2.45) is 0 Å². The Hall–Kier alpha value is -1.12. The van der Waals surface area contributed by atoms with Gasteiger partial charge in [-0.2, -0.15) is 4.98 Å². The van der Waals surface area contributed by atoms with Crippen molar-refractivity contribution in [3.8, 4) is 5.75 Å². The van der Waals surface area contributed by atoms with E-state index in [1.807, 2.05) is 18.9 Å². The second-order valence-corrected chi connectivity index (χ2v) is 7.70. The third-order valence-corrected chi connectivity index (χ3v) is 4.35. The molecule has 0 N–H and O–H groups in total. The van der Waals surface area contributed by atoms with Gasteiger partial charge in [-0.05, 0) is 18.5 Å². The highest BCUT2D eigenvalue weighted by Gasteiger charge is 2.28. The van der Waals surface area contributed by atoms with E-state index in [1.54, 1.807) is 0 Å². The van der Waals surface area contributed by atoms with Gasteiger partial charge in [0.1, 0.15) is 5.69 Å². The number of hydrogen-bond acceptors (Lipinski definition) is 7. The zero-order chi connectivity index (χ0) is 16.3. The van der Waals surface area contributed by atoms with E-state index in [0.717, 1.165) is 12.7 Å². The molecule has 2 rings (SSSR count). The Morgan fingerprint density at radius 2 is 2.18 bits per heavy atom. The van der Waals surface area contributed by atoms with Gasteiger partial charge < -0.3 is 14.4 Å². The number of ether oxygens (including phenoxy) is 2. The molecule has 0 saturated carbocycles. The zero-order valence-corrected chi connectivity index (χ0v) is 14.4. The van der Waals surface area contributed by atoms with E-state index in [9.17, 15) is 8.42 Å².